The number of hydrogen-bond acceptors (Lipinski definition) is 7. The molecular weight excluding hydrogens is 356 g/mol. The lowest BCUT2D eigenvalue weighted by Crippen LogP contribution is -2.38. The van der Waals surface area contributed by atoms with E-state index in [0.717, 1.165) is 42.8 Å². The highest BCUT2D eigenvalue weighted by Gasteiger charge is 2.34. The molecule has 3 N–H and O–H groups in total. The summed E-state index contributed by atoms with van der Waals surface area (Å²) in [7, 11) is 0. The zero-order valence-electron chi connectivity index (χ0n) is 15.5. The Morgan fingerprint density at radius 1 is 1.29 bits per heavy atom. The highest BCUT2D eigenvalue weighted by atomic mass is 16.2. The van der Waals surface area contributed by atoms with E-state index < -0.39 is 0 Å². The Kier molecular flexibility index (Phi) is 5.00. The van der Waals surface area contributed by atoms with E-state index in [2.05, 4.69) is 20.9 Å². The van der Waals surface area contributed by atoms with Gasteiger partial charge in [-0.05, 0) is 37.7 Å². The molecule has 1 amide bonds. The summed E-state index contributed by atoms with van der Waals surface area (Å²) in [5, 5.41) is 19.6. The molecular formula is C19H22N8O. The van der Waals surface area contributed by atoms with Crippen LogP contribution < -0.4 is 11.0 Å². The topological polar surface area (TPSA) is 123 Å². The van der Waals surface area contributed by atoms with Gasteiger partial charge in [-0.3, -0.25) is 4.79 Å². The Morgan fingerprint density at radius 2 is 2.11 bits per heavy atom. The van der Waals surface area contributed by atoms with Crippen molar-refractivity contribution in [3.05, 3.63) is 23.5 Å². The van der Waals surface area contributed by atoms with Crippen LogP contribution in [0.2, 0.25) is 0 Å². The second-order valence-corrected chi connectivity index (χ2v) is 7.34. The van der Waals surface area contributed by atoms with Crippen LogP contribution in [-0.2, 0) is 4.79 Å². The fourth-order valence-electron chi connectivity index (χ4n) is 4.26. The number of rotatable bonds is 5. The first-order chi connectivity index (χ1) is 13.7. The van der Waals surface area contributed by atoms with Crippen LogP contribution in [0.4, 0.5) is 5.82 Å². The van der Waals surface area contributed by atoms with Gasteiger partial charge in [0.1, 0.15) is 25.1 Å². The minimum atomic E-state index is -0.255. The summed E-state index contributed by atoms with van der Waals surface area (Å²) in [6, 6.07) is 5.95. The van der Waals surface area contributed by atoms with E-state index in [1.54, 1.807) is 6.34 Å². The van der Waals surface area contributed by atoms with E-state index in [-0.39, 0.29) is 18.9 Å². The predicted molar refractivity (Wildman–Crippen MR) is 102 cm³/mol. The monoisotopic (exact) mass is 378 g/mol. The van der Waals surface area contributed by atoms with E-state index in [1.807, 2.05) is 29.4 Å². The van der Waals surface area contributed by atoms with Gasteiger partial charge in [-0.25, -0.2) is 10.0 Å². The molecule has 0 atom stereocenters. The van der Waals surface area contributed by atoms with Gasteiger partial charge in [0, 0.05) is 24.2 Å². The third-order valence-electron chi connectivity index (χ3n) is 5.67. The van der Waals surface area contributed by atoms with Crippen molar-refractivity contribution in [3.8, 4) is 12.1 Å². The molecule has 4 rings (SSSR count). The molecule has 0 unspecified atom stereocenters. The number of allylic oxidation sites excluding steroid dienone is 1. The number of aromatic nitrogens is 1. The van der Waals surface area contributed by atoms with E-state index in [1.165, 1.54) is 10.6 Å². The summed E-state index contributed by atoms with van der Waals surface area (Å²) in [5.74, 6) is 1.37. The Labute approximate surface area is 163 Å². The Balaban J connectivity index is 1.42. The molecule has 1 aliphatic carbocycles. The number of carbonyl (C=O) groups excluding carboxylic acids is 1. The normalized spacial score (nSPS) is 22.7. The average Bonchev–Trinajstić information content (AvgIpc) is 3.34. The maximum absolute atomic E-state index is 12.0. The maximum Gasteiger partial charge on any atom is 0.237 e. The number of nitrogens with zero attached hydrogens (tertiary/aromatic N) is 5. The van der Waals surface area contributed by atoms with Crippen LogP contribution in [0, 0.1) is 34.5 Å². The fraction of sp³-hybridized carbons (Fsp3) is 0.474. The number of hydrazine groups is 2. The molecule has 1 fully saturated rings. The molecule has 0 saturated heterocycles. The molecule has 3 aliphatic rings. The highest BCUT2D eigenvalue weighted by Crippen LogP contribution is 2.40. The molecule has 0 bridgehead atoms. The summed E-state index contributed by atoms with van der Waals surface area (Å²) in [5.41, 5.74) is 9.85. The number of H-pyrrole nitrogens is 1. The molecule has 1 saturated carbocycles. The van der Waals surface area contributed by atoms with Crippen LogP contribution in [0.5, 0.6) is 0 Å². The Bertz CT molecular complexity index is 894. The van der Waals surface area contributed by atoms with Crippen molar-refractivity contribution >= 4 is 23.8 Å². The lowest BCUT2D eigenvalue weighted by Gasteiger charge is -2.32. The van der Waals surface area contributed by atoms with Gasteiger partial charge in [0.15, 0.2) is 0 Å². The molecule has 0 radical (unpaired) electrons. The molecule has 0 spiro atoms. The first kappa shape index (κ1) is 18.1. The van der Waals surface area contributed by atoms with E-state index in [4.69, 9.17) is 10.5 Å². The molecule has 9 nitrogen and oxygen atoms in total. The van der Waals surface area contributed by atoms with Gasteiger partial charge < -0.3 is 15.3 Å². The van der Waals surface area contributed by atoms with Gasteiger partial charge in [-0.2, -0.15) is 10.5 Å². The number of amides is 1. The van der Waals surface area contributed by atoms with Gasteiger partial charge >= 0.3 is 0 Å². The zero-order valence-corrected chi connectivity index (χ0v) is 15.5. The van der Waals surface area contributed by atoms with Crippen LogP contribution >= 0.6 is 0 Å². The van der Waals surface area contributed by atoms with Crippen LogP contribution in [0.25, 0.3) is 5.70 Å². The van der Waals surface area contributed by atoms with Gasteiger partial charge in [0.25, 0.3) is 0 Å². The minimum Gasteiger partial charge on any atom is -0.346 e. The summed E-state index contributed by atoms with van der Waals surface area (Å²) in [4.78, 5) is 21.1. The van der Waals surface area contributed by atoms with Gasteiger partial charge in [0.05, 0.1) is 23.5 Å². The quantitative estimate of drug-likeness (QED) is 0.671. The number of nitrogens with one attached hydrogen (secondary N) is 3. The molecule has 3 heterocycles. The standard InChI is InChI=1S/C19H22N8O/c20-7-5-16(28)26(10-8-21)11-13-1-3-14(4-2-13)17-18-15-6-9-22-19(15)23-12-27(18)25-24-17/h6,9,12-14,22,24-25H,1-5,10-11H2. The molecule has 9 heteroatoms. The lowest BCUT2D eigenvalue weighted by molar-refractivity contribution is -0.130. The average molecular weight is 378 g/mol. The van der Waals surface area contributed by atoms with Gasteiger partial charge in [-0.1, -0.05) is 0 Å². The Hall–Kier alpha value is -3.30. The zero-order chi connectivity index (χ0) is 19.5. The van der Waals surface area contributed by atoms with Crippen LogP contribution in [-0.4, -0.2) is 40.2 Å². The minimum absolute atomic E-state index is 0.0474. The van der Waals surface area contributed by atoms with Crippen molar-refractivity contribution < 1.29 is 4.79 Å². The summed E-state index contributed by atoms with van der Waals surface area (Å²) < 4.78 is 0. The number of fused-ring (bicyclic) bond motifs is 3. The van der Waals surface area contributed by atoms with E-state index in [0.29, 0.717) is 18.4 Å². The third kappa shape index (κ3) is 3.32. The summed E-state index contributed by atoms with van der Waals surface area (Å²) >= 11 is 0. The fourth-order valence-corrected chi connectivity index (χ4v) is 4.26. The van der Waals surface area contributed by atoms with Crippen molar-refractivity contribution in [2.45, 2.75) is 32.1 Å². The van der Waals surface area contributed by atoms with E-state index in [9.17, 15) is 4.79 Å². The molecule has 28 heavy (non-hydrogen) atoms. The summed E-state index contributed by atoms with van der Waals surface area (Å²) in [6.45, 7) is 0.602. The van der Waals surface area contributed by atoms with Crippen molar-refractivity contribution in [1.82, 2.24) is 25.9 Å². The van der Waals surface area contributed by atoms with Crippen LogP contribution in [0.1, 0.15) is 37.7 Å². The smallest absolute Gasteiger partial charge is 0.237 e. The first-order valence-corrected chi connectivity index (χ1v) is 9.50. The third-order valence-corrected chi connectivity index (χ3v) is 5.67. The van der Waals surface area contributed by atoms with Crippen molar-refractivity contribution in [2.24, 2.45) is 16.8 Å². The van der Waals surface area contributed by atoms with Gasteiger partial charge in [-0.15, -0.1) is 5.53 Å². The Morgan fingerprint density at radius 3 is 2.86 bits per heavy atom. The van der Waals surface area contributed by atoms with Crippen molar-refractivity contribution in [2.75, 3.05) is 13.1 Å². The number of aromatic amines is 1. The molecule has 144 valence electrons. The van der Waals surface area contributed by atoms with Gasteiger partial charge in [0.2, 0.25) is 5.91 Å². The van der Waals surface area contributed by atoms with Crippen LogP contribution in [0.15, 0.2) is 23.0 Å². The SMILES string of the molecule is N#CCC(=O)N(CC#N)CC1CCC(C2=C3c4cc[nH]c4N=CN3NN2)CC1. The van der Waals surface area contributed by atoms with Crippen LogP contribution in [0.3, 0.4) is 0 Å². The molecule has 0 aromatic carbocycles. The van der Waals surface area contributed by atoms with Crippen molar-refractivity contribution in [3.63, 3.8) is 0 Å². The van der Waals surface area contributed by atoms with E-state index >= 15 is 0 Å². The summed E-state index contributed by atoms with van der Waals surface area (Å²) in [6.07, 6.45) is 7.48. The largest absolute Gasteiger partial charge is 0.346 e. The second kappa shape index (κ2) is 7.75. The molecule has 1 aromatic heterocycles. The predicted octanol–water partition coefficient (Wildman–Crippen LogP) is 1.75. The van der Waals surface area contributed by atoms with Crippen molar-refractivity contribution in [1.29, 1.82) is 10.5 Å². The number of carbonyl (C=O) groups is 1. The first-order valence-electron chi connectivity index (χ1n) is 9.50. The lowest BCUT2D eigenvalue weighted by atomic mass is 9.79. The number of nitriles is 2. The number of aliphatic imine (C=N–C) groups is 1. The molecule has 2 aliphatic heterocycles. The maximum atomic E-state index is 12.0. The molecule has 1 aromatic rings. The highest BCUT2D eigenvalue weighted by molar-refractivity contribution is 5.87. The number of hydrogen-bond donors (Lipinski definition) is 3. The second-order valence-electron chi connectivity index (χ2n) is 7.34.